The minimum Gasteiger partial charge on any atom is -0.393 e. The van der Waals surface area contributed by atoms with Crippen molar-refractivity contribution in [2.24, 2.45) is 0 Å². The zero-order valence-corrected chi connectivity index (χ0v) is 15.3. The first-order chi connectivity index (χ1) is 6.86. The molecule has 1 radical (unpaired) electrons. The predicted octanol–water partition coefficient (Wildman–Crippen LogP) is 5.24. The van der Waals surface area contributed by atoms with Gasteiger partial charge in [0.05, 0.1) is 6.10 Å². The summed E-state index contributed by atoms with van der Waals surface area (Å²) < 4.78 is 4.56. The summed E-state index contributed by atoms with van der Waals surface area (Å²) >= 11 is 17.3. The molecule has 0 aromatic heterocycles. The second kappa shape index (κ2) is 5.96. The molecule has 0 saturated carbocycles. The normalized spacial score (nSPS) is 13.0. The first-order valence-electron chi connectivity index (χ1n) is 3.87. The maximum Gasteiger partial charge on any atom is 0.0582 e. The fourth-order valence-electron chi connectivity index (χ4n) is 1.07. The smallest absolute Gasteiger partial charge is 0.0582 e. The van der Waals surface area contributed by atoms with Crippen LogP contribution in [0.3, 0.4) is 0 Å². The molecule has 1 aromatic rings. The van der Waals surface area contributed by atoms with E-state index in [-0.39, 0.29) is 0 Å². The first kappa shape index (κ1) is 14.6. The summed E-state index contributed by atoms with van der Waals surface area (Å²) in [6.45, 7) is 3.57. The van der Waals surface area contributed by atoms with E-state index in [1.165, 1.54) is 0 Å². The van der Waals surface area contributed by atoms with Crippen molar-refractivity contribution in [3.8, 4) is 0 Å². The summed E-state index contributed by atoms with van der Waals surface area (Å²) in [4.78, 5) is 0. The van der Waals surface area contributed by atoms with Crippen LogP contribution < -0.4 is 0 Å². The van der Waals surface area contributed by atoms with Gasteiger partial charge in [-0.3, -0.25) is 0 Å². The van der Waals surface area contributed by atoms with Crippen LogP contribution in [0.5, 0.6) is 0 Å². The Morgan fingerprint density at radius 1 is 0.867 bits per heavy atom. The molecular weight excluding hydrogens is 524 g/mol. The maximum atomic E-state index is 9.31. The quantitative estimate of drug-likeness (QED) is 0.411. The molecule has 0 fully saturated rings. The number of hydrogen-bond donors (Lipinski definition) is 1. The Kier molecular flexibility index (Phi) is 5.81. The van der Waals surface area contributed by atoms with Crippen molar-refractivity contribution >= 4 is 79.6 Å². The number of halogens is 5. The molecule has 0 aliphatic heterocycles. The van der Waals surface area contributed by atoms with Crippen molar-refractivity contribution in [2.75, 3.05) is 0 Å². The molecule has 0 bridgehead atoms. The number of hydrogen-bond acceptors (Lipinski definition) is 1. The standard InChI is InChI=1S/C9H6Br5O/c1-3(15)2-4-5(10)7(12)9(14)8(13)6(4)11/h3,15H,1-2H2. The Bertz CT molecular complexity index is 360. The molecule has 1 atom stereocenters. The molecule has 0 amide bonds. The molecule has 1 N–H and O–H groups in total. The van der Waals surface area contributed by atoms with Crippen LogP contribution in [0.4, 0.5) is 0 Å². The molecule has 0 saturated heterocycles. The van der Waals surface area contributed by atoms with Crippen LogP contribution >= 0.6 is 79.6 Å². The molecule has 0 aliphatic rings. The molecule has 1 rings (SSSR count). The summed E-state index contributed by atoms with van der Waals surface area (Å²) in [5.41, 5.74) is 0.972. The van der Waals surface area contributed by atoms with Crippen LogP contribution in [-0.4, -0.2) is 11.2 Å². The minimum atomic E-state index is -0.627. The summed E-state index contributed by atoms with van der Waals surface area (Å²) in [6, 6.07) is 0. The van der Waals surface area contributed by atoms with E-state index in [0.717, 1.165) is 27.9 Å². The summed E-state index contributed by atoms with van der Waals surface area (Å²) in [5.74, 6) is 0. The Hall–Kier alpha value is 1.58. The fraction of sp³-hybridized carbons (Fsp3) is 0.222. The van der Waals surface area contributed by atoms with E-state index < -0.39 is 6.10 Å². The van der Waals surface area contributed by atoms with E-state index in [2.05, 4.69) is 86.6 Å². The van der Waals surface area contributed by atoms with E-state index in [0.29, 0.717) is 6.42 Å². The van der Waals surface area contributed by atoms with Crippen LogP contribution in [-0.2, 0) is 6.42 Å². The topological polar surface area (TPSA) is 20.2 Å². The molecule has 0 spiro atoms. The Balaban J connectivity index is 3.39. The summed E-state index contributed by atoms with van der Waals surface area (Å²) in [7, 11) is 0. The maximum absolute atomic E-state index is 9.31. The number of aliphatic hydroxyl groups excluding tert-OH is 1. The zero-order valence-electron chi connectivity index (χ0n) is 7.33. The highest BCUT2D eigenvalue weighted by Crippen LogP contribution is 2.44. The summed E-state index contributed by atoms with van der Waals surface area (Å²) in [5, 5.41) is 9.31. The van der Waals surface area contributed by atoms with Gasteiger partial charge in [-0.25, -0.2) is 0 Å². The minimum absolute atomic E-state index is 0.478. The van der Waals surface area contributed by atoms with Crippen molar-refractivity contribution in [1.29, 1.82) is 0 Å². The fourth-order valence-corrected chi connectivity index (χ4v) is 4.52. The molecule has 6 heteroatoms. The van der Waals surface area contributed by atoms with Gasteiger partial charge in [-0.1, -0.05) is 0 Å². The third kappa shape index (κ3) is 3.28. The monoisotopic (exact) mass is 525 g/mol. The third-order valence-electron chi connectivity index (χ3n) is 1.74. The Morgan fingerprint density at radius 2 is 1.20 bits per heavy atom. The van der Waals surface area contributed by atoms with Gasteiger partial charge in [0.2, 0.25) is 0 Å². The van der Waals surface area contributed by atoms with Gasteiger partial charge >= 0.3 is 0 Å². The second-order valence-electron chi connectivity index (χ2n) is 2.91. The number of aliphatic hydroxyl groups is 1. The van der Waals surface area contributed by atoms with Gasteiger partial charge in [0.25, 0.3) is 0 Å². The molecule has 0 aliphatic carbocycles. The average Bonchev–Trinajstić information content (AvgIpc) is 2.18. The summed E-state index contributed by atoms with van der Waals surface area (Å²) in [6.07, 6.45) is -0.149. The van der Waals surface area contributed by atoms with E-state index in [4.69, 9.17) is 0 Å². The van der Waals surface area contributed by atoms with Gasteiger partial charge < -0.3 is 5.11 Å². The Morgan fingerprint density at radius 3 is 1.53 bits per heavy atom. The molecule has 0 heterocycles. The predicted molar refractivity (Wildman–Crippen MR) is 80.0 cm³/mol. The Labute approximate surface area is 131 Å². The van der Waals surface area contributed by atoms with Gasteiger partial charge in [0, 0.05) is 28.8 Å². The van der Waals surface area contributed by atoms with Crippen LogP contribution in [0.2, 0.25) is 0 Å². The molecular formula is C9H6Br5O. The SMILES string of the molecule is [CH2]C(O)Cc1c(Br)c(Br)c(Br)c(Br)c1Br. The van der Waals surface area contributed by atoms with Crippen molar-refractivity contribution in [3.05, 3.63) is 34.9 Å². The second-order valence-corrected chi connectivity index (χ2v) is 6.87. The van der Waals surface area contributed by atoms with Crippen LogP contribution in [0.1, 0.15) is 5.56 Å². The van der Waals surface area contributed by atoms with Crippen LogP contribution in [0.15, 0.2) is 22.4 Å². The van der Waals surface area contributed by atoms with Crippen LogP contribution in [0, 0.1) is 6.92 Å². The average molecular weight is 530 g/mol. The largest absolute Gasteiger partial charge is 0.393 e. The van der Waals surface area contributed by atoms with Gasteiger partial charge in [-0.2, -0.15) is 0 Å². The van der Waals surface area contributed by atoms with Crippen molar-refractivity contribution in [1.82, 2.24) is 0 Å². The molecule has 15 heavy (non-hydrogen) atoms. The lowest BCUT2D eigenvalue weighted by molar-refractivity contribution is 0.221. The van der Waals surface area contributed by atoms with Gasteiger partial charge in [0.15, 0.2) is 0 Å². The van der Waals surface area contributed by atoms with Crippen molar-refractivity contribution in [2.45, 2.75) is 12.5 Å². The molecule has 1 nitrogen and oxygen atoms in total. The van der Waals surface area contributed by atoms with E-state index in [1.54, 1.807) is 0 Å². The van der Waals surface area contributed by atoms with E-state index in [9.17, 15) is 5.11 Å². The molecule has 83 valence electrons. The number of rotatable bonds is 2. The molecule has 1 unspecified atom stereocenters. The lowest BCUT2D eigenvalue weighted by Gasteiger charge is -2.14. The zero-order chi connectivity index (χ0) is 11.7. The van der Waals surface area contributed by atoms with Crippen LogP contribution in [0.25, 0.3) is 0 Å². The van der Waals surface area contributed by atoms with E-state index in [1.807, 2.05) is 0 Å². The first-order valence-corrected chi connectivity index (χ1v) is 7.84. The lowest BCUT2D eigenvalue weighted by atomic mass is 10.1. The van der Waals surface area contributed by atoms with E-state index >= 15 is 0 Å². The molecule has 1 aromatic carbocycles. The highest BCUT2D eigenvalue weighted by Gasteiger charge is 2.18. The lowest BCUT2D eigenvalue weighted by Crippen LogP contribution is -2.06. The highest BCUT2D eigenvalue weighted by molar-refractivity contribution is 9.15. The highest BCUT2D eigenvalue weighted by atomic mass is 79.9. The van der Waals surface area contributed by atoms with Crippen molar-refractivity contribution in [3.63, 3.8) is 0 Å². The number of benzene rings is 1. The van der Waals surface area contributed by atoms with Gasteiger partial charge in [-0.05, 0) is 92.1 Å². The van der Waals surface area contributed by atoms with Gasteiger partial charge in [-0.15, -0.1) is 0 Å². The third-order valence-corrected chi connectivity index (χ3v) is 8.00. The van der Waals surface area contributed by atoms with Crippen molar-refractivity contribution < 1.29 is 5.11 Å². The van der Waals surface area contributed by atoms with Gasteiger partial charge in [0.1, 0.15) is 0 Å².